The van der Waals surface area contributed by atoms with Crippen molar-refractivity contribution in [1.29, 1.82) is 5.26 Å². The van der Waals surface area contributed by atoms with Crippen LogP contribution in [0, 0.1) is 25.2 Å². The van der Waals surface area contributed by atoms with Gasteiger partial charge in [-0.05, 0) is 75.1 Å². The number of hydrogen-bond acceptors (Lipinski definition) is 2. The molecule has 0 saturated heterocycles. The molecule has 2 nitrogen and oxygen atoms in total. The number of allylic oxidation sites excluding steroid dienone is 1. The van der Waals surface area contributed by atoms with Gasteiger partial charge in [0.05, 0.1) is 6.07 Å². The molecule has 0 radical (unpaired) electrons. The van der Waals surface area contributed by atoms with E-state index in [1.54, 1.807) is 11.3 Å². The van der Waals surface area contributed by atoms with Gasteiger partial charge >= 0.3 is 0 Å². The van der Waals surface area contributed by atoms with E-state index >= 15 is 0 Å². The average Bonchev–Trinajstić information content (AvgIpc) is 3.19. The van der Waals surface area contributed by atoms with E-state index in [-0.39, 0.29) is 0 Å². The summed E-state index contributed by atoms with van der Waals surface area (Å²) in [5.41, 5.74) is 6.42. The molecule has 2 aromatic rings. The zero-order chi connectivity index (χ0) is 19.8. The minimum absolute atomic E-state index is 0.743. The molecule has 2 rings (SSSR count). The van der Waals surface area contributed by atoms with Gasteiger partial charge in [0.15, 0.2) is 0 Å². The maximum absolute atomic E-state index is 8.94. The largest absolute Gasteiger partial charge is 0.345 e. The van der Waals surface area contributed by atoms with Crippen LogP contribution in [0.15, 0.2) is 17.7 Å². The number of unbranched alkanes of at least 4 members (excludes halogenated alkanes) is 3. The summed E-state index contributed by atoms with van der Waals surface area (Å²) in [6.45, 7) is 12.0. The predicted molar refractivity (Wildman–Crippen MR) is 120 cm³/mol. The Kier molecular flexibility index (Phi) is 8.13. The van der Waals surface area contributed by atoms with Gasteiger partial charge in [0.2, 0.25) is 0 Å². The van der Waals surface area contributed by atoms with Crippen LogP contribution in [0.3, 0.4) is 0 Å². The minimum atomic E-state index is 0.743. The summed E-state index contributed by atoms with van der Waals surface area (Å²) in [4.78, 5) is 2.35. The van der Waals surface area contributed by atoms with Gasteiger partial charge in [0.1, 0.15) is 0 Å². The fourth-order valence-electron chi connectivity index (χ4n) is 3.64. The Bertz CT molecular complexity index is 856. The van der Waals surface area contributed by atoms with E-state index in [9.17, 15) is 0 Å². The first-order chi connectivity index (χ1) is 13.0. The van der Waals surface area contributed by atoms with Crippen molar-refractivity contribution >= 4 is 29.6 Å². The second kappa shape index (κ2) is 10.3. The van der Waals surface area contributed by atoms with E-state index in [0.717, 1.165) is 23.4 Å². The van der Waals surface area contributed by atoms with Gasteiger partial charge in [0.25, 0.3) is 0 Å². The molecule has 0 atom stereocenters. The number of thiophene rings is 1. The van der Waals surface area contributed by atoms with Crippen LogP contribution < -0.4 is 0 Å². The first-order valence-corrected chi connectivity index (χ1v) is 10.9. The third kappa shape index (κ3) is 5.47. The Morgan fingerprint density at radius 2 is 1.85 bits per heavy atom. The van der Waals surface area contributed by atoms with Gasteiger partial charge in [-0.2, -0.15) is 5.26 Å². The number of aromatic nitrogens is 1. The summed E-state index contributed by atoms with van der Waals surface area (Å²) in [6, 6.07) is 6.41. The molecule has 2 aromatic heterocycles. The molecule has 0 aliphatic rings. The van der Waals surface area contributed by atoms with Crippen molar-refractivity contribution in [2.75, 3.05) is 0 Å². The summed E-state index contributed by atoms with van der Waals surface area (Å²) in [7, 11) is 0. The van der Waals surface area contributed by atoms with Crippen molar-refractivity contribution in [2.45, 2.75) is 73.3 Å². The maximum Gasteiger partial charge on any atom is 0.0944 e. The highest BCUT2D eigenvalue weighted by atomic mass is 32.1. The standard InChI is InChI=1S/C24H32N2S/c1-6-8-9-10-15-26-20(5)23(7-2)19(4)24(26)14-13-21-11-12-22(27-21)16-18(3)17-25/h11-14,16H,6-10,15H2,1-5H3/b14-13+,18-16-. The second-order valence-corrected chi connectivity index (χ2v) is 8.30. The normalized spacial score (nSPS) is 12.1. The van der Waals surface area contributed by atoms with Gasteiger partial charge in [0, 0.05) is 33.3 Å². The van der Waals surface area contributed by atoms with Crippen LogP contribution in [-0.2, 0) is 13.0 Å². The summed E-state index contributed by atoms with van der Waals surface area (Å²) in [5.74, 6) is 0. The van der Waals surface area contributed by atoms with E-state index in [4.69, 9.17) is 5.26 Å². The molecule has 27 heavy (non-hydrogen) atoms. The molecular formula is C24H32N2S. The SMILES string of the molecule is CCCCCCn1c(C)c(CC)c(C)c1/C=C/c1ccc(/C=C(/C)C#N)s1. The third-order valence-electron chi connectivity index (χ3n) is 5.15. The molecule has 0 spiro atoms. The van der Waals surface area contributed by atoms with Crippen molar-refractivity contribution in [3.8, 4) is 6.07 Å². The van der Waals surface area contributed by atoms with Crippen molar-refractivity contribution < 1.29 is 0 Å². The van der Waals surface area contributed by atoms with Crippen molar-refractivity contribution in [3.05, 3.63) is 50.0 Å². The van der Waals surface area contributed by atoms with Crippen LogP contribution in [0.2, 0.25) is 0 Å². The van der Waals surface area contributed by atoms with Crippen LogP contribution in [0.4, 0.5) is 0 Å². The molecule has 0 N–H and O–H groups in total. The third-order valence-corrected chi connectivity index (χ3v) is 6.14. The minimum Gasteiger partial charge on any atom is -0.345 e. The molecule has 0 aliphatic heterocycles. The number of nitrogens with zero attached hydrogens (tertiary/aromatic N) is 2. The Hall–Kier alpha value is -2.05. The number of rotatable bonds is 9. The van der Waals surface area contributed by atoms with Crippen LogP contribution in [0.1, 0.15) is 78.7 Å². The van der Waals surface area contributed by atoms with Crippen molar-refractivity contribution in [3.63, 3.8) is 0 Å². The molecule has 0 unspecified atom stereocenters. The average molecular weight is 381 g/mol. The molecule has 2 heterocycles. The lowest BCUT2D eigenvalue weighted by atomic mass is 10.1. The highest BCUT2D eigenvalue weighted by Crippen LogP contribution is 2.27. The molecule has 3 heteroatoms. The topological polar surface area (TPSA) is 28.7 Å². The number of hydrogen-bond donors (Lipinski definition) is 0. The first kappa shape index (κ1) is 21.3. The second-order valence-electron chi connectivity index (χ2n) is 7.15. The number of nitriles is 1. The van der Waals surface area contributed by atoms with Crippen LogP contribution in [0.5, 0.6) is 0 Å². The predicted octanol–water partition coefficient (Wildman–Crippen LogP) is 7.41. The molecule has 0 saturated carbocycles. The molecule has 144 valence electrons. The molecule has 0 aromatic carbocycles. The van der Waals surface area contributed by atoms with E-state index in [2.05, 4.69) is 62.6 Å². The van der Waals surface area contributed by atoms with Crippen LogP contribution >= 0.6 is 11.3 Å². The van der Waals surface area contributed by atoms with Crippen molar-refractivity contribution in [1.82, 2.24) is 4.57 Å². The van der Waals surface area contributed by atoms with Gasteiger partial charge in [-0.3, -0.25) is 0 Å². The van der Waals surface area contributed by atoms with Crippen LogP contribution in [0.25, 0.3) is 18.2 Å². The van der Waals surface area contributed by atoms with Crippen LogP contribution in [-0.4, -0.2) is 4.57 Å². The summed E-state index contributed by atoms with van der Waals surface area (Å²) < 4.78 is 2.51. The lowest BCUT2D eigenvalue weighted by molar-refractivity contribution is 0.573. The van der Waals surface area contributed by atoms with E-state index in [1.165, 1.54) is 53.1 Å². The molecule has 0 bridgehead atoms. The molecular weight excluding hydrogens is 348 g/mol. The lowest BCUT2D eigenvalue weighted by Gasteiger charge is -2.10. The zero-order valence-corrected chi connectivity index (χ0v) is 18.2. The van der Waals surface area contributed by atoms with E-state index < -0.39 is 0 Å². The molecule has 0 fully saturated rings. The van der Waals surface area contributed by atoms with Gasteiger partial charge in [-0.15, -0.1) is 11.3 Å². The van der Waals surface area contributed by atoms with Gasteiger partial charge in [-0.1, -0.05) is 33.1 Å². The monoisotopic (exact) mass is 380 g/mol. The van der Waals surface area contributed by atoms with Crippen molar-refractivity contribution in [2.24, 2.45) is 0 Å². The zero-order valence-electron chi connectivity index (χ0n) is 17.4. The fraction of sp³-hybridized carbons (Fsp3) is 0.458. The van der Waals surface area contributed by atoms with E-state index in [0.29, 0.717) is 0 Å². The smallest absolute Gasteiger partial charge is 0.0944 e. The summed E-state index contributed by atoms with van der Waals surface area (Å²) >= 11 is 1.73. The lowest BCUT2D eigenvalue weighted by Crippen LogP contribution is -2.03. The summed E-state index contributed by atoms with van der Waals surface area (Å²) in [5, 5.41) is 8.94. The van der Waals surface area contributed by atoms with Gasteiger partial charge in [-0.25, -0.2) is 0 Å². The van der Waals surface area contributed by atoms with Gasteiger partial charge < -0.3 is 4.57 Å². The maximum atomic E-state index is 8.94. The highest BCUT2D eigenvalue weighted by Gasteiger charge is 2.14. The summed E-state index contributed by atoms with van der Waals surface area (Å²) in [6.07, 6.45) is 12.7. The van der Waals surface area contributed by atoms with E-state index in [1.807, 2.05) is 13.0 Å². The molecule has 0 amide bonds. The molecule has 0 aliphatic carbocycles. The Balaban J connectivity index is 2.26. The quantitative estimate of drug-likeness (QED) is 0.329. The Morgan fingerprint density at radius 3 is 2.52 bits per heavy atom. The highest BCUT2D eigenvalue weighted by molar-refractivity contribution is 7.13. The first-order valence-electron chi connectivity index (χ1n) is 10.1. The fourth-order valence-corrected chi connectivity index (χ4v) is 4.55. The Labute approximate surface area is 168 Å². The Morgan fingerprint density at radius 1 is 1.11 bits per heavy atom.